The summed E-state index contributed by atoms with van der Waals surface area (Å²) in [7, 11) is 0. The Morgan fingerprint density at radius 1 is 1.23 bits per heavy atom. The van der Waals surface area contributed by atoms with Crippen LogP contribution in [0.3, 0.4) is 0 Å². The molecule has 11 heteroatoms. The third-order valence-electron chi connectivity index (χ3n) is 6.40. The molecule has 35 heavy (non-hydrogen) atoms. The fourth-order valence-electron chi connectivity index (χ4n) is 4.28. The Morgan fingerprint density at radius 3 is 2.49 bits per heavy atom. The Kier molecular flexibility index (Phi) is 7.70. The monoisotopic (exact) mass is 501 g/mol. The molecule has 4 N–H and O–H groups in total. The minimum atomic E-state index is -2.16. The first-order valence-corrected chi connectivity index (χ1v) is 13.1. The lowest BCUT2D eigenvalue weighted by Gasteiger charge is -2.42. The first kappa shape index (κ1) is 25.5. The van der Waals surface area contributed by atoms with Crippen molar-refractivity contribution >= 4 is 28.6 Å². The SMILES string of the molecule is CC(C)(N)CNC(=O)Nc1ccc(-c2nc(N3CCOCC3)cc(C3(CS(=O)[O-])CCC3)n2)cc1. The summed E-state index contributed by atoms with van der Waals surface area (Å²) in [5, 5.41) is 5.54. The van der Waals surface area contributed by atoms with Crippen LogP contribution in [0.25, 0.3) is 11.4 Å². The highest BCUT2D eigenvalue weighted by molar-refractivity contribution is 7.79. The molecule has 2 fully saturated rings. The fraction of sp³-hybridized carbons (Fsp3) is 0.542. The molecule has 2 aliphatic rings. The van der Waals surface area contributed by atoms with E-state index in [0.717, 1.165) is 36.3 Å². The summed E-state index contributed by atoms with van der Waals surface area (Å²) in [5.74, 6) is 1.37. The largest absolute Gasteiger partial charge is 0.772 e. The summed E-state index contributed by atoms with van der Waals surface area (Å²) >= 11 is -2.16. The Balaban J connectivity index is 1.59. The molecule has 2 heterocycles. The van der Waals surface area contributed by atoms with Gasteiger partial charge in [-0.25, -0.2) is 14.8 Å². The number of amides is 2. The van der Waals surface area contributed by atoms with Crippen molar-refractivity contribution in [3.8, 4) is 11.4 Å². The molecule has 4 rings (SSSR count). The van der Waals surface area contributed by atoms with Crippen molar-refractivity contribution in [3.05, 3.63) is 36.0 Å². The third-order valence-corrected chi connectivity index (χ3v) is 7.19. The summed E-state index contributed by atoms with van der Waals surface area (Å²) in [6.07, 6.45) is 2.56. The van der Waals surface area contributed by atoms with Gasteiger partial charge >= 0.3 is 6.03 Å². The fourth-order valence-corrected chi connectivity index (χ4v) is 5.17. The molecule has 0 spiro atoms. The van der Waals surface area contributed by atoms with Crippen LogP contribution in [-0.2, 0) is 21.2 Å². The molecule has 1 aromatic carbocycles. The van der Waals surface area contributed by atoms with E-state index >= 15 is 0 Å². The predicted octanol–water partition coefficient (Wildman–Crippen LogP) is 2.14. The van der Waals surface area contributed by atoms with Crippen molar-refractivity contribution in [2.75, 3.05) is 48.8 Å². The van der Waals surface area contributed by atoms with E-state index in [4.69, 9.17) is 20.4 Å². The van der Waals surface area contributed by atoms with Crippen LogP contribution in [0.1, 0.15) is 38.8 Å². The zero-order chi connectivity index (χ0) is 25.1. The predicted molar refractivity (Wildman–Crippen MR) is 135 cm³/mol. The molecule has 2 amide bonds. The zero-order valence-corrected chi connectivity index (χ0v) is 21.0. The average Bonchev–Trinajstić information content (AvgIpc) is 2.80. The van der Waals surface area contributed by atoms with Crippen molar-refractivity contribution in [2.45, 2.75) is 44.1 Å². The first-order valence-electron chi connectivity index (χ1n) is 11.9. The second kappa shape index (κ2) is 10.6. The number of nitrogens with two attached hydrogens (primary N) is 1. The second-order valence-electron chi connectivity index (χ2n) is 9.99. The van der Waals surface area contributed by atoms with E-state index in [1.807, 2.05) is 32.0 Å². The van der Waals surface area contributed by atoms with Crippen LogP contribution in [0.4, 0.5) is 16.3 Å². The number of carbonyl (C=O) groups excluding carboxylic acids is 1. The van der Waals surface area contributed by atoms with Gasteiger partial charge in [0.25, 0.3) is 0 Å². The highest BCUT2D eigenvalue weighted by Crippen LogP contribution is 2.44. The maximum atomic E-state index is 12.1. The molecule has 1 aromatic heterocycles. The van der Waals surface area contributed by atoms with Crippen LogP contribution in [0, 0.1) is 0 Å². The van der Waals surface area contributed by atoms with E-state index < -0.39 is 22.0 Å². The van der Waals surface area contributed by atoms with Crippen LogP contribution < -0.4 is 21.3 Å². The molecule has 1 atom stereocenters. The van der Waals surface area contributed by atoms with Gasteiger partial charge in [0.1, 0.15) is 5.82 Å². The number of rotatable bonds is 8. The van der Waals surface area contributed by atoms with Crippen LogP contribution >= 0.6 is 0 Å². The number of morpholine rings is 1. The van der Waals surface area contributed by atoms with Crippen LogP contribution in [0.2, 0.25) is 0 Å². The lowest BCUT2D eigenvalue weighted by Crippen LogP contribution is -2.46. The third kappa shape index (κ3) is 6.54. The summed E-state index contributed by atoms with van der Waals surface area (Å²) in [6.45, 7) is 6.69. The smallest absolute Gasteiger partial charge is 0.319 e. The van der Waals surface area contributed by atoms with Crippen LogP contribution in [0.5, 0.6) is 0 Å². The normalized spacial score (nSPS) is 18.5. The van der Waals surface area contributed by atoms with Gasteiger partial charge in [-0.1, -0.05) is 17.5 Å². The Labute approximate surface area is 208 Å². The van der Waals surface area contributed by atoms with Gasteiger partial charge in [0.2, 0.25) is 0 Å². The summed E-state index contributed by atoms with van der Waals surface area (Å²) < 4.78 is 28.8. The summed E-state index contributed by atoms with van der Waals surface area (Å²) in [5.41, 5.74) is 7.12. The maximum absolute atomic E-state index is 12.1. The van der Waals surface area contributed by atoms with Gasteiger partial charge in [-0.3, -0.25) is 4.21 Å². The molecule has 1 saturated heterocycles. The lowest BCUT2D eigenvalue weighted by molar-refractivity contribution is 0.122. The molecule has 10 nitrogen and oxygen atoms in total. The van der Waals surface area contributed by atoms with Gasteiger partial charge in [-0.2, -0.15) is 0 Å². The minimum Gasteiger partial charge on any atom is -0.772 e. The molecule has 1 aliphatic heterocycles. The van der Waals surface area contributed by atoms with Crippen molar-refractivity contribution in [3.63, 3.8) is 0 Å². The standard InChI is InChI=1S/C24H34N6O4S/c1-23(2,25)15-26-22(31)27-18-6-4-17(5-7-18)21-28-19(24(8-3-9-24)16-35(32)33)14-20(29-21)30-10-12-34-13-11-30/h4-7,14H,3,8-13,15-16,25H2,1-2H3,(H,32,33)(H2,26,27,31)/p-1. The highest BCUT2D eigenvalue weighted by atomic mass is 32.2. The van der Waals surface area contributed by atoms with Gasteiger partial charge in [-0.15, -0.1) is 0 Å². The molecular weight excluding hydrogens is 468 g/mol. The van der Waals surface area contributed by atoms with Gasteiger partial charge < -0.3 is 30.6 Å². The van der Waals surface area contributed by atoms with E-state index in [9.17, 15) is 13.6 Å². The molecule has 1 unspecified atom stereocenters. The molecule has 1 saturated carbocycles. The molecule has 0 radical (unpaired) electrons. The van der Waals surface area contributed by atoms with E-state index in [1.165, 1.54) is 0 Å². The van der Waals surface area contributed by atoms with Gasteiger partial charge in [0, 0.05) is 53.7 Å². The second-order valence-corrected chi connectivity index (χ2v) is 10.9. The van der Waals surface area contributed by atoms with E-state index in [0.29, 0.717) is 44.4 Å². The van der Waals surface area contributed by atoms with Crippen LogP contribution in [-0.4, -0.2) is 68.9 Å². The number of ether oxygens (including phenoxy) is 1. The number of benzene rings is 1. The summed E-state index contributed by atoms with van der Waals surface area (Å²) in [4.78, 5) is 24.0. The van der Waals surface area contributed by atoms with Crippen molar-refractivity contribution < 1.29 is 18.3 Å². The Bertz CT molecular complexity index is 1060. The molecule has 2 aromatic rings. The number of hydrogen-bond acceptors (Lipinski definition) is 8. The molecular formula is C24H33N6O4S-. The molecule has 190 valence electrons. The Morgan fingerprint density at radius 2 is 1.91 bits per heavy atom. The number of carbonyl (C=O) groups is 1. The van der Waals surface area contributed by atoms with Crippen LogP contribution in [0.15, 0.2) is 30.3 Å². The quantitative estimate of drug-likeness (QED) is 0.467. The number of nitrogens with zero attached hydrogens (tertiary/aromatic N) is 3. The highest BCUT2D eigenvalue weighted by Gasteiger charge is 2.41. The first-order chi connectivity index (χ1) is 16.6. The number of anilines is 2. The van der Waals surface area contributed by atoms with E-state index in [1.54, 1.807) is 12.1 Å². The topological polar surface area (TPSA) is 146 Å². The number of hydrogen-bond donors (Lipinski definition) is 3. The Hall–Kier alpha value is -2.60. The lowest BCUT2D eigenvalue weighted by atomic mass is 9.68. The number of nitrogens with one attached hydrogen (secondary N) is 2. The molecule has 0 bridgehead atoms. The van der Waals surface area contributed by atoms with Gasteiger partial charge in [0.15, 0.2) is 5.82 Å². The van der Waals surface area contributed by atoms with E-state index in [2.05, 4.69) is 15.5 Å². The summed E-state index contributed by atoms with van der Waals surface area (Å²) in [6, 6.07) is 8.90. The maximum Gasteiger partial charge on any atom is 0.319 e. The van der Waals surface area contributed by atoms with Gasteiger partial charge in [0.05, 0.1) is 18.9 Å². The number of urea groups is 1. The van der Waals surface area contributed by atoms with Crippen molar-refractivity contribution in [1.29, 1.82) is 0 Å². The zero-order valence-electron chi connectivity index (χ0n) is 20.2. The number of aromatic nitrogens is 2. The minimum absolute atomic E-state index is 0.0591. The van der Waals surface area contributed by atoms with Crippen molar-refractivity contribution in [1.82, 2.24) is 15.3 Å². The van der Waals surface area contributed by atoms with Crippen molar-refractivity contribution in [2.24, 2.45) is 5.73 Å². The van der Waals surface area contributed by atoms with Gasteiger partial charge in [-0.05, 0) is 51.0 Å². The average molecular weight is 502 g/mol. The molecule has 1 aliphatic carbocycles. The van der Waals surface area contributed by atoms with E-state index in [-0.39, 0.29) is 11.8 Å².